The molecular formula is C20H27N3O2S. The number of rotatable bonds is 7. The summed E-state index contributed by atoms with van der Waals surface area (Å²) in [7, 11) is 3.98. The van der Waals surface area contributed by atoms with Crippen molar-refractivity contribution >= 4 is 28.8 Å². The molecule has 6 heteroatoms. The zero-order valence-corrected chi connectivity index (χ0v) is 16.9. The van der Waals surface area contributed by atoms with Crippen LogP contribution in [0, 0.1) is 20.8 Å². The van der Waals surface area contributed by atoms with Gasteiger partial charge in [-0.2, -0.15) is 0 Å². The van der Waals surface area contributed by atoms with Crippen molar-refractivity contribution in [1.29, 1.82) is 0 Å². The van der Waals surface area contributed by atoms with Gasteiger partial charge in [-0.1, -0.05) is 12.1 Å². The van der Waals surface area contributed by atoms with Crippen molar-refractivity contribution in [2.45, 2.75) is 33.2 Å². The maximum absolute atomic E-state index is 12.2. The van der Waals surface area contributed by atoms with E-state index < -0.39 is 0 Å². The Kier molecular flexibility index (Phi) is 6.94. The molecule has 1 heterocycles. The highest BCUT2D eigenvalue weighted by Gasteiger charge is 2.19. The van der Waals surface area contributed by atoms with E-state index in [1.54, 1.807) is 11.3 Å². The van der Waals surface area contributed by atoms with E-state index in [1.807, 2.05) is 46.1 Å². The minimum Gasteiger partial charge on any atom is -0.354 e. The lowest BCUT2D eigenvalue weighted by Gasteiger charge is -2.24. The van der Waals surface area contributed by atoms with E-state index >= 15 is 0 Å². The van der Waals surface area contributed by atoms with Gasteiger partial charge in [0, 0.05) is 17.1 Å². The lowest BCUT2D eigenvalue weighted by Crippen LogP contribution is -2.36. The maximum Gasteiger partial charge on any atom is 0.233 e. The monoisotopic (exact) mass is 373 g/mol. The van der Waals surface area contributed by atoms with Crippen molar-refractivity contribution in [1.82, 2.24) is 10.2 Å². The third-order valence-electron chi connectivity index (χ3n) is 4.31. The number of benzene rings is 1. The second-order valence-corrected chi connectivity index (χ2v) is 7.74. The third kappa shape index (κ3) is 5.41. The first kappa shape index (κ1) is 20.1. The highest BCUT2D eigenvalue weighted by molar-refractivity contribution is 7.10. The van der Waals surface area contributed by atoms with Gasteiger partial charge >= 0.3 is 0 Å². The number of amides is 2. The van der Waals surface area contributed by atoms with Crippen molar-refractivity contribution in [2.75, 3.05) is 26.0 Å². The number of hydrogen-bond acceptors (Lipinski definition) is 4. The fourth-order valence-corrected chi connectivity index (χ4v) is 3.84. The minimum atomic E-state index is -0.301. The Morgan fingerprint density at radius 3 is 2.42 bits per heavy atom. The van der Waals surface area contributed by atoms with Crippen LogP contribution in [-0.4, -0.2) is 37.4 Å². The molecule has 140 valence electrons. The van der Waals surface area contributed by atoms with Crippen LogP contribution < -0.4 is 10.6 Å². The van der Waals surface area contributed by atoms with E-state index in [2.05, 4.69) is 33.9 Å². The molecule has 2 aromatic rings. The highest BCUT2D eigenvalue weighted by atomic mass is 32.1. The van der Waals surface area contributed by atoms with Crippen molar-refractivity contribution in [3.63, 3.8) is 0 Å². The van der Waals surface area contributed by atoms with Crippen molar-refractivity contribution in [2.24, 2.45) is 0 Å². The molecule has 1 atom stereocenters. The van der Waals surface area contributed by atoms with Gasteiger partial charge in [-0.3, -0.25) is 9.59 Å². The predicted molar refractivity (Wildman–Crippen MR) is 108 cm³/mol. The summed E-state index contributed by atoms with van der Waals surface area (Å²) in [6.07, 6.45) is -0.184. The molecule has 1 aromatic carbocycles. The van der Waals surface area contributed by atoms with Crippen LogP contribution >= 0.6 is 11.3 Å². The van der Waals surface area contributed by atoms with Gasteiger partial charge < -0.3 is 15.5 Å². The molecular weight excluding hydrogens is 346 g/mol. The van der Waals surface area contributed by atoms with Crippen molar-refractivity contribution in [3.05, 3.63) is 51.2 Å². The largest absolute Gasteiger partial charge is 0.354 e. The molecule has 0 radical (unpaired) electrons. The molecule has 0 aliphatic rings. The van der Waals surface area contributed by atoms with Crippen LogP contribution in [0.3, 0.4) is 0 Å². The van der Waals surface area contributed by atoms with Crippen LogP contribution in [0.25, 0.3) is 0 Å². The molecule has 0 bridgehead atoms. The summed E-state index contributed by atoms with van der Waals surface area (Å²) in [4.78, 5) is 27.7. The van der Waals surface area contributed by atoms with Gasteiger partial charge in [0.1, 0.15) is 6.42 Å². The van der Waals surface area contributed by atoms with Crippen LogP contribution in [0.15, 0.2) is 29.6 Å². The number of aryl methyl sites for hydroxylation is 3. The van der Waals surface area contributed by atoms with Crippen LogP contribution in [0.2, 0.25) is 0 Å². The number of nitrogens with zero attached hydrogens (tertiary/aromatic N) is 1. The van der Waals surface area contributed by atoms with Crippen molar-refractivity contribution in [3.8, 4) is 0 Å². The Morgan fingerprint density at radius 1 is 1.08 bits per heavy atom. The first-order valence-corrected chi connectivity index (χ1v) is 9.50. The Balaban J connectivity index is 1.90. The van der Waals surface area contributed by atoms with E-state index in [4.69, 9.17) is 0 Å². The maximum atomic E-state index is 12.2. The number of likely N-dealkylation sites (N-methyl/N-ethyl adjacent to an activating group) is 1. The fraction of sp³-hybridized carbons (Fsp3) is 0.400. The topological polar surface area (TPSA) is 61.4 Å². The summed E-state index contributed by atoms with van der Waals surface area (Å²) in [6, 6.07) is 8.03. The number of thiophene rings is 1. The van der Waals surface area contributed by atoms with E-state index in [9.17, 15) is 9.59 Å². The zero-order chi connectivity index (χ0) is 19.3. The first-order chi connectivity index (χ1) is 12.3. The zero-order valence-electron chi connectivity index (χ0n) is 16.1. The SMILES string of the molecule is Cc1ccc(C)c(NC(=O)CC(=O)NC[C@@H](c2sccc2C)N(C)C)c1. The number of nitrogens with one attached hydrogen (secondary N) is 2. The average Bonchev–Trinajstić information content (AvgIpc) is 2.96. The molecule has 0 aliphatic carbocycles. The fourth-order valence-electron chi connectivity index (χ4n) is 2.72. The van der Waals surface area contributed by atoms with E-state index in [0.717, 1.165) is 16.8 Å². The van der Waals surface area contributed by atoms with Gasteiger partial charge in [0.2, 0.25) is 11.8 Å². The minimum absolute atomic E-state index is 0.0982. The molecule has 2 N–H and O–H groups in total. The van der Waals surface area contributed by atoms with Gasteiger partial charge in [-0.05, 0) is 69.1 Å². The molecule has 0 saturated heterocycles. The Labute approximate surface area is 159 Å². The smallest absolute Gasteiger partial charge is 0.233 e. The Morgan fingerprint density at radius 2 is 1.81 bits per heavy atom. The second kappa shape index (κ2) is 8.96. The van der Waals surface area contributed by atoms with Gasteiger partial charge in [-0.25, -0.2) is 0 Å². The Hall–Kier alpha value is -2.18. The number of hydrogen-bond donors (Lipinski definition) is 2. The van der Waals surface area contributed by atoms with E-state index in [1.165, 1.54) is 10.4 Å². The number of anilines is 1. The summed E-state index contributed by atoms with van der Waals surface area (Å²) in [6.45, 7) is 6.45. The molecule has 2 rings (SSSR count). The molecule has 0 unspecified atom stereocenters. The normalized spacial score (nSPS) is 12.1. The van der Waals surface area contributed by atoms with Crippen LogP contribution in [0.4, 0.5) is 5.69 Å². The highest BCUT2D eigenvalue weighted by Crippen LogP contribution is 2.26. The van der Waals surface area contributed by atoms with Gasteiger partial charge in [0.25, 0.3) is 0 Å². The van der Waals surface area contributed by atoms with Crippen LogP contribution in [-0.2, 0) is 9.59 Å². The third-order valence-corrected chi connectivity index (χ3v) is 5.43. The molecule has 0 fully saturated rings. The number of carbonyl (C=O) groups excluding carboxylic acids is 2. The van der Waals surface area contributed by atoms with Gasteiger partial charge in [0.15, 0.2) is 0 Å². The summed E-state index contributed by atoms with van der Waals surface area (Å²) in [5.41, 5.74) is 4.01. The second-order valence-electron chi connectivity index (χ2n) is 6.79. The summed E-state index contributed by atoms with van der Waals surface area (Å²) in [5.74, 6) is -0.571. The summed E-state index contributed by atoms with van der Waals surface area (Å²) < 4.78 is 0. The van der Waals surface area contributed by atoms with Crippen LogP contribution in [0.1, 0.15) is 34.0 Å². The molecule has 5 nitrogen and oxygen atoms in total. The van der Waals surface area contributed by atoms with E-state index in [-0.39, 0.29) is 24.3 Å². The molecule has 1 aromatic heterocycles. The first-order valence-electron chi connectivity index (χ1n) is 8.62. The summed E-state index contributed by atoms with van der Waals surface area (Å²) in [5, 5.41) is 7.76. The van der Waals surface area contributed by atoms with E-state index in [0.29, 0.717) is 6.54 Å². The molecule has 0 spiro atoms. The van der Waals surface area contributed by atoms with Crippen LogP contribution in [0.5, 0.6) is 0 Å². The average molecular weight is 374 g/mol. The lowest BCUT2D eigenvalue weighted by molar-refractivity contribution is -0.126. The molecule has 0 aliphatic heterocycles. The standard InChI is InChI=1S/C20H27N3O2S/c1-13-6-7-14(2)16(10-13)22-19(25)11-18(24)21-12-17(23(4)5)20-15(3)8-9-26-20/h6-10,17H,11-12H2,1-5H3,(H,21,24)(H,22,25)/t17-/m0/s1. The van der Waals surface area contributed by atoms with Gasteiger partial charge in [-0.15, -0.1) is 11.3 Å². The van der Waals surface area contributed by atoms with Gasteiger partial charge in [0.05, 0.1) is 6.04 Å². The number of carbonyl (C=O) groups is 2. The molecule has 2 amide bonds. The summed E-state index contributed by atoms with van der Waals surface area (Å²) >= 11 is 1.68. The predicted octanol–water partition coefficient (Wildman–Crippen LogP) is 3.42. The molecule has 26 heavy (non-hydrogen) atoms. The molecule has 0 saturated carbocycles. The van der Waals surface area contributed by atoms with Crippen molar-refractivity contribution < 1.29 is 9.59 Å². The Bertz CT molecular complexity index is 783. The quantitative estimate of drug-likeness (QED) is 0.731. The lowest BCUT2D eigenvalue weighted by atomic mass is 10.1.